The first-order valence-corrected chi connectivity index (χ1v) is 12.4. The Morgan fingerprint density at radius 1 is 0.968 bits per heavy atom. The van der Waals surface area contributed by atoms with Gasteiger partial charge < -0.3 is 9.64 Å². The number of rotatable bonds is 5. The Labute approximate surface area is 184 Å². The highest BCUT2D eigenvalue weighted by Gasteiger charge is 2.32. The van der Waals surface area contributed by atoms with Gasteiger partial charge in [-0.1, -0.05) is 24.6 Å². The van der Waals surface area contributed by atoms with Crippen LogP contribution in [0.1, 0.15) is 59.6 Å². The van der Waals surface area contributed by atoms with E-state index in [1.807, 2.05) is 29.2 Å². The lowest BCUT2D eigenvalue weighted by molar-refractivity contribution is 0.0735. The fourth-order valence-corrected chi connectivity index (χ4v) is 6.37. The lowest BCUT2D eigenvalue weighted by Crippen LogP contribution is -2.36. The molecule has 2 aliphatic rings. The average molecular weight is 443 g/mol. The normalized spacial score (nSPS) is 20.1. The van der Waals surface area contributed by atoms with Gasteiger partial charge >= 0.3 is 0 Å². The van der Waals surface area contributed by atoms with Crippen molar-refractivity contribution >= 4 is 15.9 Å². The third-order valence-corrected chi connectivity index (χ3v) is 8.42. The van der Waals surface area contributed by atoms with Crippen LogP contribution in [0, 0.1) is 6.92 Å². The summed E-state index contributed by atoms with van der Waals surface area (Å²) in [6.07, 6.45) is 4.64. The third kappa shape index (κ3) is 4.34. The van der Waals surface area contributed by atoms with Crippen molar-refractivity contribution in [1.29, 1.82) is 0 Å². The standard InChI is InChI=1S/C24H30N2O4S/c1-18-8-9-20(17-23(18)31(28,29)25-14-4-3-5-15-25)24(27)26-16-6-7-22(26)19-10-12-21(30-2)13-11-19/h8-13,17,22H,3-7,14-16H2,1-2H3. The highest BCUT2D eigenvalue weighted by molar-refractivity contribution is 7.89. The quantitative estimate of drug-likeness (QED) is 0.698. The van der Waals surface area contributed by atoms with E-state index in [4.69, 9.17) is 4.74 Å². The van der Waals surface area contributed by atoms with Crippen molar-refractivity contribution in [3.05, 3.63) is 59.2 Å². The number of carbonyl (C=O) groups excluding carboxylic acids is 1. The van der Waals surface area contributed by atoms with Crippen LogP contribution in [-0.4, -0.2) is 50.3 Å². The van der Waals surface area contributed by atoms with Crippen LogP contribution in [0.2, 0.25) is 0 Å². The summed E-state index contributed by atoms with van der Waals surface area (Å²) in [4.78, 5) is 15.5. The molecule has 0 aromatic heterocycles. The predicted molar refractivity (Wildman–Crippen MR) is 120 cm³/mol. The van der Waals surface area contributed by atoms with Gasteiger partial charge in [0.1, 0.15) is 5.75 Å². The zero-order chi connectivity index (χ0) is 22.0. The fraction of sp³-hybridized carbons (Fsp3) is 0.458. The van der Waals surface area contributed by atoms with E-state index in [9.17, 15) is 13.2 Å². The molecule has 31 heavy (non-hydrogen) atoms. The Hall–Kier alpha value is -2.38. The maximum atomic E-state index is 13.4. The van der Waals surface area contributed by atoms with Crippen LogP contribution in [-0.2, 0) is 10.0 Å². The smallest absolute Gasteiger partial charge is 0.254 e. The number of nitrogens with zero attached hydrogens (tertiary/aromatic N) is 2. The maximum absolute atomic E-state index is 13.4. The zero-order valence-electron chi connectivity index (χ0n) is 18.2. The van der Waals surface area contributed by atoms with Gasteiger partial charge in [0.05, 0.1) is 18.0 Å². The number of likely N-dealkylation sites (tertiary alicyclic amines) is 1. The Bertz CT molecular complexity index is 1040. The minimum absolute atomic E-state index is 0.0122. The van der Waals surface area contributed by atoms with Gasteiger partial charge in [0.2, 0.25) is 10.0 Å². The Morgan fingerprint density at radius 3 is 2.35 bits per heavy atom. The van der Waals surface area contributed by atoms with E-state index in [1.54, 1.807) is 36.5 Å². The number of sulfonamides is 1. The van der Waals surface area contributed by atoms with Crippen molar-refractivity contribution in [3.63, 3.8) is 0 Å². The van der Waals surface area contributed by atoms with Gasteiger partial charge in [-0.05, 0) is 68.0 Å². The van der Waals surface area contributed by atoms with E-state index < -0.39 is 10.0 Å². The molecule has 0 N–H and O–H groups in total. The van der Waals surface area contributed by atoms with E-state index >= 15 is 0 Å². The number of benzene rings is 2. The molecule has 1 atom stereocenters. The number of carbonyl (C=O) groups is 1. The van der Waals surface area contributed by atoms with E-state index in [-0.39, 0.29) is 16.8 Å². The van der Waals surface area contributed by atoms with Crippen LogP contribution in [0.4, 0.5) is 0 Å². The number of aryl methyl sites for hydroxylation is 1. The maximum Gasteiger partial charge on any atom is 0.254 e. The monoisotopic (exact) mass is 442 g/mol. The zero-order valence-corrected chi connectivity index (χ0v) is 19.0. The average Bonchev–Trinajstić information content (AvgIpc) is 3.29. The molecule has 0 radical (unpaired) electrons. The molecule has 4 rings (SSSR count). The van der Waals surface area contributed by atoms with E-state index in [1.165, 1.54) is 0 Å². The number of amides is 1. The van der Waals surface area contributed by atoms with Crippen LogP contribution in [0.25, 0.3) is 0 Å². The van der Waals surface area contributed by atoms with E-state index in [0.717, 1.165) is 43.4 Å². The molecule has 7 heteroatoms. The van der Waals surface area contributed by atoms with Gasteiger partial charge in [-0.3, -0.25) is 4.79 Å². The molecule has 0 bridgehead atoms. The Kier molecular flexibility index (Phi) is 6.34. The summed E-state index contributed by atoms with van der Waals surface area (Å²) in [5, 5.41) is 0. The predicted octanol–water partition coefficient (Wildman–Crippen LogP) is 4.16. The second kappa shape index (κ2) is 9.01. The van der Waals surface area contributed by atoms with Crippen LogP contribution in [0.15, 0.2) is 47.4 Å². The summed E-state index contributed by atoms with van der Waals surface area (Å²) in [6, 6.07) is 12.9. The molecular weight excluding hydrogens is 412 g/mol. The van der Waals surface area contributed by atoms with Gasteiger partial charge in [0.15, 0.2) is 0 Å². The molecule has 2 aromatic carbocycles. The largest absolute Gasteiger partial charge is 0.497 e. The van der Waals surface area contributed by atoms with Crippen molar-refractivity contribution < 1.29 is 17.9 Å². The first-order valence-electron chi connectivity index (χ1n) is 11.0. The lowest BCUT2D eigenvalue weighted by Gasteiger charge is -2.28. The van der Waals surface area contributed by atoms with Gasteiger partial charge in [-0.25, -0.2) is 8.42 Å². The van der Waals surface area contributed by atoms with Crippen LogP contribution >= 0.6 is 0 Å². The van der Waals surface area contributed by atoms with Crippen LogP contribution < -0.4 is 4.74 Å². The first kappa shape index (κ1) is 21.8. The minimum Gasteiger partial charge on any atom is -0.497 e. The summed E-state index contributed by atoms with van der Waals surface area (Å²) in [5.41, 5.74) is 2.18. The van der Waals surface area contributed by atoms with Crippen molar-refractivity contribution in [2.75, 3.05) is 26.7 Å². The number of hydrogen-bond acceptors (Lipinski definition) is 4. The van der Waals surface area contributed by atoms with Crippen molar-refractivity contribution in [1.82, 2.24) is 9.21 Å². The Balaban J connectivity index is 1.61. The lowest BCUT2D eigenvalue weighted by atomic mass is 10.0. The molecule has 2 saturated heterocycles. The van der Waals surface area contributed by atoms with Gasteiger partial charge in [0, 0.05) is 25.2 Å². The molecule has 2 fully saturated rings. The van der Waals surface area contributed by atoms with Crippen LogP contribution in [0.3, 0.4) is 0 Å². The highest BCUT2D eigenvalue weighted by atomic mass is 32.2. The first-order chi connectivity index (χ1) is 14.9. The summed E-state index contributed by atoms with van der Waals surface area (Å²) in [7, 11) is -1.96. The molecule has 1 amide bonds. The Morgan fingerprint density at radius 2 is 1.68 bits per heavy atom. The molecule has 0 saturated carbocycles. The fourth-order valence-electron chi connectivity index (χ4n) is 4.60. The van der Waals surface area contributed by atoms with E-state index in [0.29, 0.717) is 30.8 Å². The minimum atomic E-state index is -3.60. The van der Waals surface area contributed by atoms with Gasteiger partial charge in [0.25, 0.3) is 5.91 Å². The summed E-state index contributed by atoms with van der Waals surface area (Å²) < 4.78 is 33.3. The second-order valence-corrected chi connectivity index (χ2v) is 10.3. The molecule has 166 valence electrons. The number of piperidine rings is 1. The topological polar surface area (TPSA) is 66.9 Å². The van der Waals surface area contributed by atoms with E-state index in [2.05, 4.69) is 0 Å². The molecule has 0 aliphatic carbocycles. The molecule has 1 unspecified atom stereocenters. The molecule has 2 heterocycles. The summed E-state index contributed by atoms with van der Waals surface area (Å²) in [5.74, 6) is 0.666. The molecule has 0 spiro atoms. The summed E-state index contributed by atoms with van der Waals surface area (Å²) >= 11 is 0. The number of methoxy groups -OCH3 is 1. The van der Waals surface area contributed by atoms with Gasteiger partial charge in [-0.15, -0.1) is 0 Å². The van der Waals surface area contributed by atoms with Crippen molar-refractivity contribution in [3.8, 4) is 5.75 Å². The summed E-state index contributed by atoms with van der Waals surface area (Å²) in [6.45, 7) is 3.55. The van der Waals surface area contributed by atoms with Crippen molar-refractivity contribution in [2.45, 2.75) is 50.0 Å². The van der Waals surface area contributed by atoms with Gasteiger partial charge in [-0.2, -0.15) is 4.31 Å². The number of ether oxygens (including phenoxy) is 1. The molecular formula is C24H30N2O4S. The third-order valence-electron chi connectivity index (χ3n) is 6.38. The molecule has 2 aliphatic heterocycles. The second-order valence-electron chi connectivity index (χ2n) is 8.37. The SMILES string of the molecule is COc1ccc(C2CCCN2C(=O)c2ccc(C)c(S(=O)(=O)N3CCCCC3)c2)cc1. The van der Waals surface area contributed by atoms with Crippen LogP contribution in [0.5, 0.6) is 5.75 Å². The van der Waals surface area contributed by atoms with Crippen molar-refractivity contribution in [2.24, 2.45) is 0 Å². The molecule has 6 nitrogen and oxygen atoms in total. The highest BCUT2D eigenvalue weighted by Crippen LogP contribution is 2.34. The number of hydrogen-bond donors (Lipinski definition) is 0. The molecule has 2 aromatic rings.